The van der Waals surface area contributed by atoms with E-state index in [9.17, 15) is 12.8 Å². The zero-order valence-corrected chi connectivity index (χ0v) is 18.3. The second-order valence-electron chi connectivity index (χ2n) is 8.04. The molecule has 2 aromatic carbocycles. The summed E-state index contributed by atoms with van der Waals surface area (Å²) in [5, 5.41) is 1.27. The fourth-order valence-electron chi connectivity index (χ4n) is 4.47. The Balaban J connectivity index is 1.44. The second-order valence-corrected chi connectivity index (χ2v) is 10.2. The van der Waals surface area contributed by atoms with Gasteiger partial charge in [0.2, 0.25) is 10.0 Å². The van der Waals surface area contributed by atoms with Gasteiger partial charge < -0.3 is 0 Å². The summed E-state index contributed by atoms with van der Waals surface area (Å²) in [5.41, 5.74) is 1.93. The van der Waals surface area contributed by atoms with Gasteiger partial charge in [-0.25, -0.2) is 17.5 Å². The highest BCUT2D eigenvalue weighted by Crippen LogP contribution is 2.39. The topological polar surface area (TPSA) is 59.1 Å². The molecule has 1 aliphatic carbocycles. The lowest BCUT2D eigenvalue weighted by Crippen LogP contribution is -2.39. The number of nitrogens with zero attached hydrogens (tertiary/aromatic N) is 1. The van der Waals surface area contributed by atoms with Gasteiger partial charge in [0.1, 0.15) is 5.82 Å². The molecule has 3 aromatic rings. The molecule has 1 saturated carbocycles. The molecule has 1 atom stereocenters. The van der Waals surface area contributed by atoms with Gasteiger partial charge in [-0.1, -0.05) is 17.7 Å². The Labute approximate surface area is 181 Å². The van der Waals surface area contributed by atoms with Crippen molar-refractivity contribution < 1.29 is 12.8 Å². The summed E-state index contributed by atoms with van der Waals surface area (Å²) in [7, 11) is -3.61. The van der Waals surface area contributed by atoms with Crippen LogP contribution in [0.3, 0.4) is 0 Å². The van der Waals surface area contributed by atoms with Crippen molar-refractivity contribution in [1.29, 1.82) is 0 Å². The average molecular weight is 447 g/mol. The van der Waals surface area contributed by atoms with Crippen LogP contribution in [0.15, 0.2) is 59.6 Å². The minimum atomic E-state index is -3.61. The van der Waals surface area contributed by atoms with E-state index in [-0.39, 0.29) is 22.7 Å². The number of pyridine rings is 1. The molecule has 0 saturated heterocycles. The fourth-order valence-corrected chi connectivity index (χ4v) is 6.08. The van der Waals surface area contributed by atoms with Crippen LogP contribution in [0.4, 0.5) is 4.39 Å². The molecule has 0 radical (unpaired) electrons. The van der Waals surface area contributed by atoms with E-state index in [2.05, 4.69) is 9.71 Å². The predicted molar refractivity (Wildman–Crippen MR) is 118 cm³/mol. The standard InChI is InChI=1S/C23H24ClFN2O2S/c1-15(27-30(28,29)20-4-2-3-18(24)13-20)16-5-7-17(8-6-16)21-11-12-26-23-10-9-19(25)14-22(21)23/h2-4,9-17,27H,5-8H2,1H3/t15-,16?,17?/m1/s1. The Morgan fingerprint density at radius 1 is 1.10 bits per heavy atom. The third kappa shape index (κ3) is 4.51. The van der Waals surface area contributed by atoms with Crippen LogP contribution >= 0.6 is 11.6 Å². The smallest absolute Gasteiger partial charge is 0.240 e. The van der Waals surface area contributed by atoms with Gasteiger partial charge in [0, 0.05) is 22.6 Å². The molecular weight excluding hydrogens is 423 g/mol. The van der Waals surface area contributed by atoms with Crippen molar-refractivity contribution >= 4 is 32.5 Å². The first kappa shape index (κ1) is 21.2. The zero-order valence-electron chi connectivity index (χ0n) is 16.7. The lowest BCUT2D eigenvalue weighted by atomic mass is 9.76. The van der Waals surface area contributed by atoms with E-state index in [1.807, 2.05) is 13.0 Å². The zero-order chi connectivity index (χ0) is 21.3. The van der Waals surface area contributed by atoms with Gasteiger partial charge in [0.25, 0.3) is 0 Å². The molecule has 4 rings (SSSR count). The molecule has 30 heavy (non-hydrogen) atoms. The first-order chi connectivity index (χ1) is 14.3. The summed E-state index contributed by atoms with van der Waals surface area (Å²) in [6.45, 7) is 1.92. The minimum absolute atomic E-state index is 0.179. The summed E-state index contributed by atoms with van der Waals surface area (Å²) in [6, 6.07) is 12.8. The molecule has 158 valence electrons. The number of sulfonamides is 1. The maximum absolute atomic E-state index is 13.8. The number of nitrogens with one attached hydrogen (secondary N) is 1. The Bertz CT molecular complexity index is 1160. The minimum Gasteiger partial charge on any atom is -0.256 e. The number of benzene rings is 2. The van der Waals surface area contributed by atoms with Crippen molar-refractivity contribution in [1.82, 2.24) is 9.71 Å². The summed E-state index contributed by atoms with van der Waals surface area (Å²) in [6.07, 6.45) is 5.46. The molecule has 0 unspecified atom stereocenters. The van der Waals surface area contributed by atoms with Crippen molar-refractivity contribution in [3.63, 3.8) is 0 Å². The van der Waals surface area contributed by atoms with Crippen LogP contribution in [0.2, 0.25) is 5.02 Å². The lowest BCUT2D eigenvalue weighted by molar-refractivity contribution is 0.281. The number of fused-ring (bicyclic) bond motifs is 1. The van der Waals surface area contributed by atoms with Crippen molar-refractivity contribution in [3.8, 4) is 0 Å². The molecule has 0 spiro atoms. The van der Waals surface area contributed by atoms with Crippen LogP contribution in [0.25, 0.3) is 10.9 Å². The Hall–Kier alpha value is -2.02. The van der Waals surface area contributed by atoms with Crippen LogP contribution in [-0.4, -0.2) is 19.4 Å². The van der Waals surface area contributed by atoms with Crippen LogP contribution in [-0.2, 0) is 10.0 Å². The molecule has 1 aliphatic rings. The van der Waals surface area contributed by atoms with Crippen LogP contribution in [0, 0.1) is 11.7 Å². The monoisotopic (exact) mass is 446 g/mol. The third-order valence-corrected chi connectivity index (χ3v) is 7.90. The summed E-state index contributed by atoms with van der Waals surface area (Å²) >= 11 is 5.94. The molecule has 1 N–H and O–H groups in total. The highest BCUT2D eigenvalue weighted by Gasteiger charge is 2.29. The highest BCUT2D eigenvalue weighted by molar-refractivity contribution is 7.89. The first-order valence-electron chi connectivity index (χ1n) is 10.2. The van der Waals surface area contributed by atoms with E-state index in [1.54, 1.807) is 36.5 Å². The molecule has 0 amide bonds. The number of hydrogen-bond donors (Lipinski definition) is 1. The van der Waals surface area contributed by atoms with E-state index in [0.717, 1.165) is 42.1 Å². The van der Waals surface area contributed by atoms with E-state index >= 15 is 0 Å². The summed E-state index contributed by atoms with van der Waals surface area (Å²) < 4.78 is 42.0. The Morgan fingerprint density at radius 3 is 2.60 bits per heavy atom. The Morgan fingerprint density at radius 2 is 1.87 bits per heavy atom. The molecule has 4 nitrogen and oxygen atoms in total. The van der Waals surface area contributed by atoms with Gasteiger partial charge in [-0.05, 0) is 92.5 Å². The van der Waals surface area contributed by atoms with Crippen molar-refractivity contribution in [3.05, 3.63) is 71.1 Å². The normalized spacial score (nSPS) is 20.9. The molecular formula is C23H24ClFN2O2S. The SMILES string of the molecule is C[C@@H](NS(=O)(=O)c1cccc(Cl)c1)C1CCC(c2ccnc3ccc(F)cc23)CC1. The largest absolute Gasteiger partial charge is 0.256 e. The van der Waals surface area contributed by atoms with Crippen molar-refractivity contribution in [2.24, 2.45) is 5.92 Å². The number of hydrogen-bond acceptors (Lipinski definition) is 3. The van der Waals surface area contributed by atoms with E-state index in [0.29, 0.717) is 10.9 Å². The summed E-state index contributed by atoms with van der Waals surface area (Å²) in [5.74, 6) is 0.319. The molecule has 0 bridgehead atoms. The van der Waals surface area contributed by atoms with Crippen LogP contribution < -0.4 is 4.72 Å². The lowest BCUT2D eigenvalue weighted by Gasteiger charge is -2.33. The maximum atomic E-state index is 13.8. The van der Waals surface area contributed by atoms with Gasteiger partial charge in [0.05, 0.1) is 10.4 Å². The molecule has 0 aliphatic heterocycles. The van der Waals surface area contributed by atoms with Gasteiger partial charge in [0.15, 0.2) is 0 Å². The second kappa shape index (κ2) is 8.61. The molecule has 1 fully saturated rings. The molecule has 1 aromatic heterocycles. The highest BCUT2D eigenvalue weighted by atomic mass is 35.5. The van der Waals surface area contributed by atoms with Crippen LogP contribution in [0.5, 0.6) is 0 Å². The molecule has 7 heteroatoms. The number of halogens is 2. The van der Waals surface area contributed by atoms with Gasteiger partial charge in [-0.15, -0.1) is 0 Å². The number of rotatable bonds is 5. The first-order valence-corrected chi connectivity index (χ1v) is 12.0. The van der Waals surface area contributed by atoms with Crippen LogP contribution in [0.1, 0.15) is 44.1 Å². The third-order valence-electron chi connectivity index (χ3n) is 6.10. The van der Waals surface area contributed by atoms with Gasteiger partial charge in [-0.3, -0.25) is 4.98 Å². The van der Waals surface area contributed by atoms with Gasteiger partial charge >= 0.3 is 0 Å². The van der Waals surface area contributed by atoms with E-state index in [4.69, 9.17) is 11.6 Å². The summed E-state index contributed by atoms with van der Waals surface area (Å²) in [4.78, 5) is 4.52. The van der Waals surface area contributed by atoms with Crippen molar-refractivity contribution in [2.45, 2.75) is 49.5 Å². The van der Waals surface area contributed by atoms with E-state index < -0.39 is 10.0 Å². The fraction of sp³-hybridized carbons (Fsp3) is 0.348. The molecule has 1 heterocycles. The number of aromatic nitrogens is 1. The van der Waals surface area contributed by atoms with Crippen molar-refractivity contribution in [2.75, 3.05) is 0 Å². The Kier molecular flexibility index (Phi) is 6.09. The maximum Gasteiger partial charge on any atom is 0.240 e. The van der Waals surface area contributed by atoms with Gasteiger partial charge in [-0.2, -0.15) is 0 Å². The quantitative estimate of drug-likeness (QED) is 0.549. The van der Waals surface area contributed by atoms with E-state index in [1.165, 1.54) is 12.1 Å². The average Bonchev–Trinajstić information content (AvgIpc) is 2.73. The predicted octanol–water partition coefficient (Wildman–Crippen LogP) is 5.67.